The standard InChI is InChI=1S/C24H30F4N4O2/c1-3-31(18-7-8-18)14-21(24(26,27)28)32-13-17(12-29-32)16-9-10-23(11-16,22(33)30-34)19-5-4-6-20(25)15(19)2/h4-6,12-13,16,18,21,34H,3,7-11,14H2,1-2H3,(H,30,33)/t16?,21?,23-/m0/s1. The molecule has 0 aliphatic heterocycles. The number of nitrogens with one attached hydrogen (secondary N) is 1. The van der Waals surface area contributed by atoms with E-state index < -0.39 is 29.4 Å². The molecule has 2 fully saturated rings. The second-order valence-electron chi connectivity index (χ2n) is 9.50. The number of halogens is 4. The first-order valence-electron chi connectivity index (χ1n) is 11.7. The van der Waals surface area contributed by atoms with Gasteiger partial charge >= 0.3 is 6.18 Å². The lowest BCUT2D eigenvalue weighted by molar-refractivity contribution is -0.175. The Hall–Kier alpha value is -2.46. The van der Waals surface area contributed by atoms with Crippen molar-refractivity contribution >= 4 is 5.91 Å². The Morgan fingerprint density at radius 2 is 2.09 bits per heavy atom. The van der Waals surface area contributed by atoms with Gasteiger partial charge < -0.3 is 0 Å². The Bertz CT molecular complexity index is 1040. The van der Waals surface area contributed by atoms with Crippen LogP contribution in [0.3, 0.4) is 0 Å². The highest BCUT2D eigenvalue weighted by molar-refractivity contribution is 5.88. The molecule has 6 nitrogen and oxygen atoms in total. The lowest BCUT2D eigenvalue weighted by Gasteiger charge is -2.29. The molecule has 2 unspecified atom stereocenters. The van der Waals surface area contributed by atoms with Gasteiger partial charge in [-0.15, -0.1) is 0 Å². The fourth-order valence-corrected chi connectivity index (χ4v) is 5.41. The first-order valence-corrected chi connectivity index (χ1v) is 11.7. The number of hydrogen-bond acceptors (Lipinski definition) is 4. The van der Waals surface area contributed by atoms with Crippen molar-refractivity contribution in [3.63, 3.8) is 0 Å². The maximum Gasteiger partial charge on any atom is 0.412 e. The zero-order valence-electron chi connectivity index (χ0n) is 19.3. The van der Waals surface area contributed by atoms with Crippen LogP contribution in [0.2, 0.25) is 0 Å². The smallest absolute Gasteiger partial charge is 0.298 e. The molecule has 4 rings (SSSR count). The molecule has 10 heteroatoms. The first-order chi connectivity index (χ1) is 16.1. The van der Waals surface area contributed by atoms with Gasteiger partial charge in [0.2, 0.25) is 0 Å². The Kier molecular flexibility index (Phi) is 6.74. The molecule has 1 amide bonds. The van der Waals surface area contributed by atoms with Crippen LogP contribution in [0.15, 0.2) is 30.6 Å². The Balaban J connectivity index is 1.60. The Morgan fingerprint density at radius 3 is 2.71 bits per heavy atom. The molecule has 3 atom stereocenters. The van der Waals surface area contributed by atoms with Gasteiger partial charge in [-0.3, -0.25) is 19.6 Å². The zero-order valence-corrected chi connectivity index (χ0v) is 19.3. The van der Waals surface area contributed by atoms with Crippen molar-refractivity contribution in [2.45, 2.75) is 75.5 Å². The normalized spacial score (nSPS) is 23.9. The molecular formula is C24H30F4N4O2. The lowest BCUT2D eigenvalue weighted by Crippen LogP contribution is -2.42. The molecule has 0 spiro atoms. The van der Waals surface area contributed by atoms with Crippen LogP contribution in [-0.2, 0) is 10.2 Å². The summed E-state index contributed by atoms with van der Waals surface area (Å²) in [6.45, 7) is 3.82. The van der Waals surface area contributed by atoms with Crippen LogP contribution in [0, 0.1) is 12.7 Å². The van der Waals surface area contributed by atoms with Crippen molar-refractivity contribution in [3.8, 4) is 0 Å². The number of amides is 1. The van der Waals surface area contributed by atoms with Crippen LogP contribution >= 0.6 is 0 Å². The third-order valence-electron chi connectivity index (χ3n) is 7.50. The number of hydrogen-bond donors (Lipinski definition) is 2. The van der Waals surface area contributed by atoms with Gasteiger partial charge in [0.15, 0.2) is 6.04 Å². The Morgan fingerprint density at radius 1 is 1.35 bits per heavy atom. The molecule has 2 N–H and O–H groups in total. The SMILES string of the molecule is CCN(CC(n1cc(C2CC[C@@](C(=O)NO)(c3cccc(F)c3C)C2)cn1)C(F)(F)F)C1CC1. The number of likely N-dealkylation sites (N-methyl/N-ethyl adjacent to an activating group) is 1. The summed E-state index contributed by atoms with van der Waals surface area (Å²) in [4.78, 5) is 14.6. The molecule has 1 aromatic carbocycles. The molecule has 0 bridgehead atoms. The lowest BCUT2D eigenvalue weighted by atomic mass is 9.75. The van der Waals surface area contributed by atoms with Gasteiger partial charge in [0, 0.05) is 18.8 Å². The molecule has 0 radical (unpaired) electrons. The number of hydroxylamine groups is 1. The highest BCUT2D eigenvalue weighted by Gasteiger charge is 2.49. The van der Waals surface area contributed by atoms with Crippen molar-refractivity contribution in [1.29, 1.82) is 0 Å². The van der Waals surface area contributed by atoms with Crippen molar-refractivity contribution in [2.24, 2.45) is 0 Å². The second-order valence-corrected chi connectivity index (χ2v) is 9.50. The summed E-state index contributed by atoms with van der Waals surface area (Å²) in [5.41, 5.74) is 1.94. The molecule has 34 heavy (non-hydrogen) atoms. The number of benzene rings is 1. The summed E-state index contributed by atoms with van der Waals surface area (Å²) >= 11 is 0. The van der Waals surface area contributed by atoms with Crippen molar-refractivity contribution in [1.82, 2.24) is 20.2 Å². The monoisotopic (exact) mass is 482 g/mol. The minimum atomic E-state index is -4.46. The minimum absolute atomic E-state index is 0.157. The Labute approximate surface area is 195 Å². The fraction of sp³-hybridized carbons (Fsp3) is 0.583. The first kappa shape index (κ1) is 24.7. The van der Waals surface area contributed by atoms with Crippen LogP contribution in [0.1, 0.15) is 67.7 Å². The van der Waals surface area contributed by atoms with Crippen molar-refractivity contribution < 1.29 is 27.6 Å². The predicted octanol–water partition coefficient (Wildman–Crippen LogP) is 4.63. The average Bonchev–Trinajstić information content (AvgIpc) is 3.35. The maximum atomic E-state index is 14.3. The van der Waals surface area contributed by atoms with Crippen LogP contribution in [0.5, 0.6) is 0 Å². The predicted molar refractivity (Wildman–Crippen MR) is 117 cm³/mol. The molecule has 2 aliphatic rings. The number of rotatable bonds is 8. The highest BCUT2D eigenvalue weighted by Crippen LogP contribution is 2.50. The number of carbonyl (C=O) groups excluding carboxylic acids is 1. The summed E-state index contributed by atoms with van der Waals surface area (Å²) in [6.07, 6.45) is 1.29. The van der Waals surface area contributed by atoms with Gasteiger partial charge in [0.1, 0.15) is 5.82 Å². The molecular weight excluding hydrogens is 452 g/mol. The molecule has 186 valence electrons. The minimum Gasteiger partial charge on any atom is -0.298 e. The van der Waals surface area contributed by atoms with Gasteiger partial charge in [0.25, 0.3) is 5.91 Å². The quantitative estimate of drug-likeness (QED) is 0.327. The molecule has 1 heterocycles. The van der Waals surface area contributed by atoms with E-state index in [1.165, 1.54) is 24.5 Å². The van der Waals surface area contributed by atoms with E-state index in [-0.39, 0.29) is 24.9 Å². The van der Waals surface area contributed by atoms with E-state index in [0.29, 0.717) is 36.1 Å². The highest BCUT2D eigenvalue weighted by atomic mass is 19.4. The van der Waals surface area contributed by atoms with Crippen LogP contribution in [0.4, 0.5) is 17.6 Å². The molecule has 0 saturated heterocycles. The van der Waals surface area contributed by atoms with Crippen LogP contribution < -0.4 is 5.48 Å². The van der Waals surface area contributed by atoms with E-state index in [0.717, 1.165) is 17.5 Å². The van der Waals surface area contributed by atoms with Crippen molar-refractivity contribution in [2.75, 3.05) is 13.1 Å². The average molecular weight is 483 g/mol. The summed E-state index contributed by atoms with van der Waals surface area (Å²) in [6, 6.07) is 2.92. The van der Waals surface area contributed by atoms with E-state index in [2.05, 4.69) is 5.10 Å². The van der Waals surface area contributed by atoms with E-state index in [9.17, 15) is 27.6 Å². The van der Waals surface area contributed by atoms with E-state index in [4.69, 9.17) is 0 Å². The molecule has 2 saturated carbocycles. The van der Waals surface area contributed by atoms with Gasteiger partial charge in [-0.2, -0.15) is 18.3 Å². The summed E-state index contributed by atoms with van der Waals surface area (Å²) < 4.78 is 57.1. The van der Waals surface area contributed by atoms with Gasteiger partial charge in [0.05, 0.1) is 11.6 Å². The van der Waals surface area contributed by atoms with E-state index >= 15 is 0 Å². The van der Waals surface area contributed by atoms with Crippen molar-refractivity contribution in [3.05, 3.63) is 53.1 Å². The van der Waals surface area contributed by atoms with E-state index in [1.54, 1.807) is 18.5 Å². The van der Waals surface area contributed by atoms with Crippen LogP contribution in [0.25, 0.3) is 0 Å². The number of carbonyl (C=O) groups is 1. The van der Waals surface area contributed by atoms with Gasteiger partial charge in [-0.05, 0) is 74.2 Å². The zero-order chi connectivity index (χ0) is 24.7. The summed E-state index contributed by atoms with van der Waals surface area (Å²) in [5, 5.41) is 13.5. The third-order valence-corrected chi connectivity index (χ3v) is 7.50. The summed E-state index contributed by atoms with van der Waals surface area (Å²) in [5.74, 6) is -1.36. The van der Waals surface area contributed by atoms with Crippen LogP contribution in [-0.4, -0.2) is 51.1 Å². The topological polar surface area (TPSA) is 70.4 Å². The third kappa shape index (κ3) is 4.57. The van der Waals surface area contributed by atoms with Gasteiger partial charge in [-0.1, -0.05) is 19.1 Å². The largest absolute Gasteiger partial charge is 0.412 e. The maximum absolute atomic E-state index is 14.3. The van der Waals surface area contributed by atoms with E-state index in [1.807, 2.05) is 11.8 Å². The second kappa shape index (κ2) is 9.30. The van der Waals surface area contributed by atoms with Gasteiger partial charge in [-0.25, -0.2) is 9.87 Å². The molecule has 2 aliphatic carbocycles. The fourth-order valence-electron chi connectivity index (χ4n) is 5.41. The molecule has 1 aromatic heterocycles. The number of aromatic nitrogens is 2. The summed E-state index contributed by atoms with van der Waals surface area (Å²) in [7, 11) is 0. The number of alkyl halides is 3. The molecule has 2 aromatic rings. The number of nitrogens with zero attached hydrogens (tertiary/aromatic N) is 3.